The summed E-state index contributed by atoms with van der Waals surface area (Å²) < 4.78 is 40.8. The van der Waals surface area contributed by atoms with Crippen molar-refractivity contribution in [3.63, 3.8) is 0 Å². The largest absolute Gasteiger partial charge is 0.453 e. The number of ketones is 1. The Morgan fingerprint density at radius 3 is 2.60 bits per heavy atom. The Morgan fingerprint density at radius 1 is 1.09 bits per heavy atom. The number of aliphatic hydroxyl groups excluding tert-OH is 1. The standard InChI is InChI=1S/C30H28F2N6O5/c1-30(11-14-39,17-42-2)35-28-26-25(10-12-33-27(26)36-37-28)43-24-8-3-18(15-22(24)32)16-23(40)21-9-13-34-38(29(21)41)20-6-4-19(31)5-7-20/h3-10,12-13,15,39H,11,14,16-17H2,1-2H3,(H2,33,35,36,37)/t30-/m0/s1. The molecular weight excluding hydrogens is 562 g/mol. The van der Waals surface area contributed by atoms with Crippen LogP contribution in [0.25, 0.3) is 16.7 Å². The molecule has 0 unspecified atom stereocenters. The molecule has 0 aliphatic carbocycles. The number of rotatable bonds is 12. The number of anilines is 1. The Labute approximate surface area is 244 Å². The number of carbonyl (C=O) groups is 1. The van der Waals surface area contributed by atoms with Crippen molar-refractivity contribution in [3.05, 3.63) is 100 Å². The molecule has 13 heteroatoms. The number of aliphatic hydroxyl groups is 1. The summed E-state index contributed by atoms with van der Waals surface area (Å²) in [6.07, 6.45) is 2.91. The third-order valence-corrected chi connectivity index (χ3v) is 6.77. The van der Waals surface area contributed by atoms with Crippen molar-refractivity contribution >= 4 is 22.6 Å². The highest BCUT2D eigenvalue weighted by atomic mass is 19.1. The quantitative estimate of drug-likeness (QED) is 0.182. The van der Waals surface area contributed by atoms with Gasteiger partial charge >= 0.3 is 0 Å². The van der Waals surface area contributed by atoms with Gasteiger partial charge in [-0.3, -0.25) is 14.7 Å². The fourth-order valence-corrected chi connectivity index (χ4v) is 4.65. The van der Waals surface area contributed by atoms with Crippen molar-refractivity contribution in [1.82, 2.24) is 25.0 Å². The first-order valence-corrected chi connectivity index (χ1v) is 13.3. The molecule has 3 N–H and O–H groups in total. The molecule has 3 aromatic heterocycles. The van der Waals surface area contributed by atoms with Crippen LogP contribution in [0.15, 0.2) is 71.8 Å². The minimum atomic E-state index is -0.726. The minimum Gasteiger partial charge on any atom is -0.453 e. The maximum Gasteiger partial charge on any atom is 0.282 e. The second kappa shape index (κ2) is 12.5. The lowest BCUT2D eigenvalue weighted by atomic mass is 9.99. The van der Waals surface area contributed by atoms with E-state index >= 15 is 4.39 Å². The number of hydrogen-bond donors (Lipinski definition) is 3. The van der Waals surface area contributed by atoms with Gasteiger partial charge in [-0.25, -0.2) is 13.8 Å². The van der Waals surface area contributed by atoms with Crippen LogP contribution in [0.2, 0.25) is 0 Å². The van der Waals surface area contributed by atoms with Crippen molar-refractivity contribution in [2.45, 2.75) is 25.3 Å². The van der Waals surface area contributed by atoms with Crippen LogP contribution in [0.5, 0.6) is 11.5 Å². The van der Waals surface area contributed by atoms with E-state index in [1.54, 1.807) is 13.2 Å². The predicted octanol–water partition coefficient (Wildman–Crippen LogP) is 4.20. The van der Waals surface area contributed by atoms with Crippen molar-refractivity contribution in [1.29, 1.82) is 0 Å². The van der Waals surface area contributed by atoms with Gasteiger partial charge in [0, 0.05) is 38.6 Å². The Hall–Kier alpha value is -5.01. The predicted molar refractivity (Wildman–Crippen MR) is 154 cm³/mol. The van der Waals surface area contributed by atoms with E-state index in [-0.39, 0.29) is 36.7 Å². The van der Waals surface area contributed by atoms with Gasteiger partial charge in [0.25, 0.3) is 5.56 Å². The highest BCUT2D eigenvalue weighted by molar-refractivity contribution is 5.97. The maximum absolute atomic E-state index is 15.2. The summed E-state index contributed by atoms with van der Waals surface area (Å²) >= 11 is 0. The molecule has 0 aliphatic heterocycles. The molecule has 5 rings (SSSR count). The Kier molecular flexibility index (Phi) is 8.55. The van der Waals surface area contributed by atoms with E-state index in [4.69, 9.17) is 9.47 Å². The van der Waals surface area contributed by atoms with E-state index in [9.17, 15) is 19.1 Å². The molecule has 1 atom stereocenters. The Morgan fingerprint density at radius 2 is 1.88 bits per heavy atom. The van der Waals surface area contributed by atoms with Crippen LogP contribution in [-0.2, 0) is 11.2 Å². The summed E-state index contributed by atoms with van der Waals surface area (Å²) in [7, 11) is 1.55. The second-order valence-corrected chi connectivity index (χ2v) is 10.1. The molecular formula is C30H28F2N6O5. The lowest BCUT2D eigenvalue weighted by Gasteiger charge is -2.29. The number of benzene rings is 2. The van der Waals surface area contributed by atoms with E-state index in [0.717, 1.165) is 10.7 Å². The fraction of sp³-hybridized carbons (Fsp3) is 0.233. The summed E-state index contributed by atoms with van der Waals surface area (Å²) in [5.41, 5.74) is -0.451. The van der Waals surface area contributed by atoms with Crippen LogP contribution < -0.4 is 15.6 Å². The lowest BCUT2D eigenvalue weighted by Crippen LogP contribution is -2.40. The molecule has 0 bridgehead atoms. The van der Waals surface area contributed by atoms with Gasteiger partial charge < -0.3 is 19.9 Å². The summed E-state index contributed by atoms with van der Waals surface area (Å²) in [5, 5.41) is 24.3. The summed E-state index contributed by atoms with van der Waals surface area (Å²) in [5.74, 6) is -1.19. The molecule has 0 amide bonds. The van der Waals surface area contributed by atoms with E-state index in [0.29, 0.717) is 34.5 Å². The van der Waals surface area contributed by atoms with E-state index < -0.39 is 28.5 Å². The van der Waals surface area contributed by atoms with Crippen molar-refractivity contribution in [3.8, 4) is 17.2 Å². The normalized spacial score (nSPS) is 12.7. The molecule has 0 aliphatic rings. The zero-order valence-corrected chi connectivity index (χ0v) is 23.3. The van der Waals surface area contributed by atoms with Gasteiger partial charge in [-0.15, -0.1) is 0 Å². The lowest BCUT2D eigenvalue weighted by molar-refractivity contribution is 0.0990. The Bertz CT molecular complexity index is 1820. The number of halogens is 2. The SMILES string of the molecule is COC[C@](C)(CCO)Nc1n[nH]c2nccc(Oc3ccc(CC(=O)c4ccnn(-c5ccc(F)cc5)c4=O)cc3F)c12. The van der Waals surface area contributed by atoms with Crippen LogP contribution in [-0.4, -0.2) is 61.7 Å². The molecule has 222 valence electrons. The number of fused-ring (bicyclic) bond motifs is 1. The highest BCUT2D eigenvalue weighted by Crippen LogP contribution is 2.35. The zero-order valence-electron chi connectivity index (χ0n) is 23.3. The number of hydrogen-bond acceptors (Lipinski definition) is 9. The number of Topliss-reactive ketones (excluding diaryl/α,β-unsaturated/α-hetero) is 1. The van der Waals surface area contributed by atoms with Crippen molar-refractivity contribution < 1.29 is 28.2 Å². The van der Waals surface area contributed by atoms with Crippen molar-refractivity contribution in [2.24, 2.45) is 0 Å². The Balaban J connectivity index is 1.36. The molecule has 0 saturated heterocycles. The first-order chi connectivity index (χ1) is 20.7. The first-order valence-electron chi connectivity index (χ1n) is 13.3. The molecule has 3 heterocycles. The number of pyridine rings is 1. The number of H-pyrrole nitrogens is 1. The van der Waals surface area contributed by atoms with Crippen molar-refractivity contribution in [2.75, 3.05) is 25.6 Å². The van der Waals surface area contributed by atoms with Gasteiger partial charge in [0.1, 0.15) is 17.0 Å². The molecule has 2 aromatic carbocycles. The smallest absolute Gasteiger partial charge is 0.282 e. The number of methoxy groups -OCH3 is 1. The number of nitrogens with zero attached hydrogens (tertiary/aromatic N) is 4. The third kappa shape index (κ3) is 6.42. The number of aromatic amines is 1. The third-order valence-electron chi connectivity index (χ3n) is 6.77. The average Bonchev–Trinajstić information content (AvgIpc) is 3.38. The second-order valence-electron chi connectivity index (χ2n) is 10.1. The summed E-state index contributed by atoms with van der Waals surface area (Å²) in [6, 6.07) is 12.0. The molecule has 5 aromatic rings. The maximum atomic E-state index is 15.2. The van der Waals surface area contributed by atoms with Gasteiger partial charge in [0.05, 0.1) is 23.4 Å². The van der Waals surface area contributed by atoms with Crippen LogP contribution >= 0.6 is 0 Å². The molecule has 11 nitrogen and oxygen atoms in total. The number of carbonyl (C=O) groups excluding carboxylic acids is 1. The van der Waals surface area contributed by atoms with Crippen LogP contribution in [0, 0.1) is 11.6 Å². The molecule has 0 fully saturated rings. The topological polar surface area (TPSA) is 144 Å². The summed E-state index contributed by atoms with van der Waals surface area (Å²) in [4.78, 5) is 30.2. The highest BCUT2D eigenvalue weighted by Gasteiger charge is 2.27. The van der Waals surface area contributed by atoms with Gasteiger partial charge in [-0.05, 0) is 61.4 Å². The van der Waals surface area contributed by atoms with E-state index in [1.807, 2.05) is 6.92 Å². The van der Waals surface area contributed by atoms with Gasteiger partial charge in [0.2, 0.25) is 0 Å². The van der Waals surface area contributed by atoms with Gasteiger partial charge in [-0.1, -0.05) is 6.07 Å². The van der Waals surface area contributed by atoms with Crippen LogP contribution in [0.3, 0.4) is 0 Å². The van der Waals surface area contributed by atoms with Crippen LogP contribution in [0.4, 0.5) is 14.6 Å². The fourth-order valence-electron chi connectivity index (χ4n) is 4.65. The van der Waals surface area contributed by atoms with Gasteiger partial charge in [0.15, 0.2) is 28.8 Å². The number of nitrogens with one attached hydrogen (secondary N) is 2. The van der Waals surface area contributed by atoms with E-state index in [1.165, 1.54) is 54.9 Å². The number of aromatic nitrogens is 5. The zero-order chi connectivity index (χ0) is 30.6. The molecule has 0 spiro atoms. The minimum absolute atomic E-state index is 0.0809. The van der Waals surface area contributed by atoms with Crippen LogP contribution in [0.1, 0.15) is 29.3 Å². The van der Waals surface area contributed by atoms with E-state index in [2.05, 4.69) is 25.6 Å². The number of ether oxygens (including phenoxy) is 2. The monoisotopic (exact) mass is 590 g/mol. The summed E-state index contributed by atoms with van der Waals surface area (Å²) in [6.45, 7) is 2.07. The molecule has 0 saturated carbocycles. The average molecular weight is 591 g/mol. The molecule has 43 heavy (non-hydrogen) atoms. The first kappa shape index (κ1) is 29.5. The molecule has 0 radical (unpaired) electrons. The van der Waals surface area contributed by atoms with Gasteiger partial charge in [-0.2, -0.15) is 14.9 Å².